The molecule has 2 amide bonds. The minimum absolute atomic E-state index is 0.0472. The van der Waals surface area contributed by atoms with Crippen LogP contribution < -0.4 is 19.5 Å². The van der Waals surface area contributed by atoms with Gasteiger partial charge in [-0.05, 0) is 49.2 Å². The molecule has 1 saturated heterocycles. The number of thioether (sulfide) groups is 1. The topological polar surface area (TPSA) is 128 Å². The Balaban J connectivity index is 1.37. The molecule has 2 aliphatic rings. The summed E-state index contributed by atoms with van der Waals surface area (Å²) in [5.74, 6) is 0.467. The number of ketones is 1. The van der Waals surface area contributed by atoms with E-state index in [1.807, 2.05) is 12.1 Å². The molecule has 32 heavy (non-hydrogen) atoms. The maximum atomic E-state index is 12.6. The van der Waals surface area contributed by atoms with Gasteiger partial charge in [0.05, 0.1) is 17.2 Å². The largest absolute Gasteiger partial charge is 0.511 e. The molecule has 2 aromatic carbocycles. The molecule has 0 aromatic heterocycles. The fraction of sp³-hybridized carbons (Fsp3) is 0.273. The highest BCUT2D eigenvalue weighted by molar-refractivity contribution is 8.15. The van der Waals surface area contributed by atoms with E-state index in [4.69, 9.17) is 14.6 Å². The number of carbonyl (C=O) groups is 4. The van der Waals surface area contributed by atoms with Gasteiger partial charge in [-0.15, -0.1) is 0 Å². The number of benzene rings is 2. The number of hydrogen-bond acceptors (Lipinski definition) is 8. The SMILES string of the molecule is CC1(COc2ccc(CC3SC(=O)NC3=O)cc2)CC(=O)c2cc(OC(=O)O)ccc2O1. The van der Waals surface area contributed by atoms with Gasteiger partial charge >= 0.3 is 6.16 Å². The monoisotopic (exact) mass is 457 g/mol. The number of carboxylic acid groups (broad SMARTS) is 1. The summed E-state index contributed by atoms with van der Waals surface area (Å²) in [5, 5.41) is 10.2. The van der Waals surface area contributed by atoms with Crippen molar-refractivity contribution in [3.05, 3.63) is 53.6 Å². The van der Waals surface area contributed by atoms with E-state index in [0.717, 1.165) is 17.3 Å². The number of imide groups is 1. The van der Waals surface area contributed by atoms with Crippen molar-refractivity contribution >= 4 is 34.8 Å². The zero-order valence-electron chi connectivity index (χ0n) is 17.0. The predicted molar refractivity (Wildman–Crippen MR) is 114 cm³/mol. The van der Waals surface area contributed by atoms with Crippen molar-refractivity contribution in [3.63, 3.8) is 0 Å². The van der Waals surface area contributed by atoms with Gasteiger partial charge in [0, 0.05) is 0 Å². The lowest BCUT2D eigenvalue weighted by Gasteiger charge is -2.34. The second-order valence-electron chi connectivity index (χ2n) is 7.70. The Hall–Kier alpha value is -3.53. The van der Waals surface area contributed by atoms with Gasteiger partial charge in [-0.1, -0.05) is 23.9 Å². The smallest absolute Gasteiger partial charge is 0.489 e. The number of fused-ring (bicyclic) bond motifs is 1. The zero-order chi connectivity index (χ0) is 22.9. The van der Waals surface area contributed by atoms with Crippen molar-refractivity contribution in [2.45, 2.75) is 30.6 Å². The molecule has 10 heteroatoms. The number of carbonyl (C=O) groups excluding carboxylic acids is 3. The van der Waals surface area contributed by atoms with Crippen molar-refractivity contribution in [2.75, 3.05) is 6.61 Å². The highest BCUT2D eigenvalue weighted by Crippen LogP contribution is 2.36. The van der Waals surface area contributed by atoms with E-state index in [-0.39, 0.29) is 41.3 Å². The van der Waals surface area contributed by atoms with Gasteiger partial charge < -0.3 is 19.3 Å². The van der Waals surface area contributed by atoms with Crippen LogP contribution in [0.2, 0.25) is 0 Å². The molecule has 0 aliphatic carbocycles. The zero-order valence-corrected chi connectivity index (χ0v) is 17.8. The van der Waals surface area contributed by atoms with Crippen molar-refractivity contribution in [1.82, 2.24) is 5.32 Å². The summed E-state index contributed by atoms with van der Waals surface area (Å²) in [7, 11) is 0. The second-order valence-corrected chi connectivity index (χ2v) is 8.87. The number of nitrogens with one attached hydrogen (secondary N) is 1. The van der Waals surface area contributed by atoms with Gasteiger partial charge in [-0.25, -0.2) is 4.79 Å². The molecule has 2 unspecified atom stereocenters. The maximum absolute atomic E-state index is 12.6. The van der Waals surface area contributed by atoms with Gasteiger partial charge in [0.25, 0.3) is 5.24 Å². The standard InChI is InChI=1S/C22H19NO8S/c1-22(10-16(24)15-9-14(30-21(27)28)6-7-17(15)31-22)11-29-13-4-2-12(3-5-13)8-18-19(25)23-20(26)32-18/h2-7,9,18H,8,10-11H2,1H3,(H,27,28)(H,23,25,26). The van der Waals surface area contributed by atoms with Gasteiger partial charge in [0.15, 0.2) is 5.78 Å². The Labute approximate surface area is 187 Å². The average Bonchev–Trinajstić information content (AvgIpc) is 3.04. The first kappa shape index (κ1) is 21.7. The Morgan fingerprint density at radius 2 is 1.91 bits per heavy atom. The van der Waals surface area contributed by atoms with E-state index in [1.54, 1.807) is 19.1 Å². The van der Waals surface area contributed by atoms with E-state index in [1.165, 1.54) is 18.2 Å². The third-order valence-corrected chi connectivity index (χ3v) is 5.98. The van der Waals surface area contributed by atoms with Crippen molar-refractivity contribution in [1.29, 1.82) is 0 Å². The molecule has 2 aliphatic heterocycles. The molecule has 0 spiro atoms. The number of ether oxygens (including phenoxy) is 3. The molecular formula is C22H19NO8S. The fourth-order valence-corrected chi connectivity index (χ4v) is 4.36. The first-order valence-electron chi connectivity index (χ1n) is 9.71. The normalized spacial score (nSPS) is 22.0. The molecule has 0 bridgehead atoms. The summed E-state index contributed by atoms with van der Waals surface area (Å²) >= 11 is 0.983. The van der Waals surface area contributed by atoms with Gasteiger partial charge in [-0.3, -0.25) is 19.7 Å². The van der Waals surface area contributed by atoms with Crippen LogP contribution in [-0.4, -0.2) is 45.6 Å². The summed E-state index contributed by atoms with van der Waals surface area (Å²) in [6.07, 6.45) is -0.976. The molecule has 0 saturated carbocycles. The summed E-state index contributed by atoms with van der Waals surface area (Å²) < 4.78 is 16.4. The van der Waals surface area contributed by atoms with Gasteiger partial charge in [0.2, 0.25) is 5.91 Å². The predicted octanol–water partition coefficient (Wildman–Crippen LogP) is 3.44. The molecule has 166 valence electrons. The lowest BCUT2D eigenvalue weighted by Crippen LogP contribution is -2.44. The van der Waals surface area contributed by atoms with Crippen LogP contribution in [0.4, 0.5) is 9.59 Å². The van der Waals surface area contributed by atoms with Crippen LogP contribution in [0.3, 0.4) is 0 Å². The lowest BCUT2D eigenvalue weighted by atomic mass is 9.92. The third-order valence-electron chi connectivity index (χ3n) is 5.00. The van der Waals surface area contributed by atoms with Gasteiger partial charge in [-0.2, -0.15) is 0 Å². The van der Waals surface area contributed by atoms with E-state index < -0.39 is 17.0 Å². The van der Waals surface area contributed by atoms with Crippen LogP contribution in [0.25, 0.3) is 0 Å². The third kappa shape index (κ3) is 4.86. The molecule has 2 heterocycles. The summed E-state index contributed by atoms with van der Waals surface area (Å²) in [5.41, 5.74) is 0.248. The number of rotatable bonds is 6. The molecule has 9 nitrogen and oxygen atoms in total. The number of amides is 2. The molecule has 2 aromatic rings. The van der Waals surface area contributed by atoms with Crippen LogP contribution in [-0.2, 0) is 11.2 Å². The highest BCUT2D eigenvalue weighted by Gasteiger charge is 2.38. The number of hydrogen-bond donors (Lipinski definition) is 2. The molecule has 4 rings (SSSR count). The van der Waals surface area contributed by atoms with Crippen LogP contribution in [0.5, 0.6) is 17.2 Å². The Bertz CT molecular complexity index is 1100. The molecule has 2 atom stereocenters. The highest BCUT2D eigenvalue weighted by atomic mass is 32.2. The van der Waals surface area contributed by atoms with E-state index in [2.05, 4.69) is 10.1 Å². The number of Topliss-reactive ketones (excluding diaryl/α,β-unsaturated/α-hetero) is 1. The van der Waals surface area contributed by atoms with E-state index >= 15 is 0 Å². The van der Waals surface area contributed by atoms with Crippen molar-refractivity contribution < 1.29 is 38.5 Å². The summed E-state index contributed by atoms with van der Waals surface area (Å²) in [6, 6.07) is 11.4. The molecule has 2 N–H and O–H groups in total. The fourth-order valence-electron chi connectivity index (χ4n) is 3.50. The molecule has 1 fully saturated rings. The maximum Gasteiger partial charge on any atom is 0.511 e. The average molecular weight is 457 g/mol. The second kappa shape index (κ2) is 8.54. The van der Waals surface area contributed by atoms with Gasteiger partial charge in [0.1, 0.15) is 29.5 Å². The quantitative estimate of drug-likeness (QED) is 0.495. The summed E-state index contributed by atoms with van der Waals surface area (Å²) in [4.78, 5) is 46.3. The van der Waals surface area contributed by atoms with Crippen molar-refractivity contribution in [2.24, 2.45) is 0 Å². The van der Waals surface area contributed by atoms with Crippen LogP contribution >= 0.6 is 11.8 Å². The minimum Gasteiger partial charge on any atom is -0.489 e. The van der Waals surface area contributed by atoms with E-state index in [0.29, 0.717) is 17.9 Å². The van der Waals surface area contributed by atoms with Crippen LogP contribution in [0.1, 0.15) is 29.3 Å². The Morgan fingerprint density at radius 1 is 1.19 bits per heavy atom. The Morgan fingerprint density at radius 3 is 2.56 bits per heavy atom. The minimum atomic E-state index is -1.46. The van der Waals surface area contributed by atoms with E-state index in [9.17, 15) is 19.2 Å². The van der Waals surface area contributed by atoms with Crippen LogP contribution in [0.15, 0.2) is 42.5 Å². The first-order chi connectivity index (χ1) is 15.2. The molecular weight excluding hydrogens is 438 g/mol. The molecule has 0 radical (unpaired) electrons. The van der Waals surface area contributed by atoms with Crippen molar-refractivity contribution in [3.8, 4) is 17.2 Å². The Kier molecular flexibility index (Phi) is 5.79. The first-order valence-corrected chi connectivity index (χ1v) is 10.6. The van der Waals surface area contributed by atoms with Crippen LogP contribution in [0, 0.1) is 0 Å². The summed E-state index contributed by atoms with van der Waals surface area (Å²) in [6.45, 7) is 1.87. The lowest BCUT2D eigenvalue weighted by molar-refractivity contribution is -0.118.